The number of nitrogens with one attached hydrogen (secondary N) is 2. The topological polar surface area (TPSA) is 84.2 Å². The summed E-state index contributed by atoms with van der Waals surface area (Å²) in [7, 11) is 0. The highest BCUT2D eigenvalue weighted by Crippen LogP contribution is 2.11. The van der Waals surface area contributed by atoms with E-state index in [1.807, 2.05) is 23.6 Å². The first-order valence-electron chi connectivity index (χ1n) is 4.70. The van der Waals surface area contributed by atoms with Gasteiger partial charge in [-0.15, -0.1) is 0 Å². The number of para-hydroxylation sites is 1. The third-order valence-corrected chi connectivity index (χ3v) is 2.52. The molecule has 0 spiro atoms. The average Bonchev–Trinajstić information content (AvgIpc) is 2.30. The van der Waals surface area contributed by atoms with Crippen molar-refractivity contribution in [2.75, 3.05) is 11.1 Å². The monoisotopic (exact) mass is 239 g/mol. The third kappa shape index (κ3) is 4.81. The minimum absolute atomic E-state index is 0.184. The Balaban J connectivity index is 2.24. The van der Waals surface area contributed by atoms with Crippen LogP contribution in [0.3, 0.4) is 0 Å². The first-order valence-corrected chi connectivity index (χ1v) is 5.69. The summed E-state index contributed by atoms with van der Waals surface area (Å²) < 4.78 is 0. The molecule has 0 aliphatic rings. The number of hydrogen-bond donors (Lipinski definition) is 3. The van der Waals surface area contributed by atoms with Crippen LogP contribution in [-0.4, -0.2) is 16.9 Å². The van der Waals surface area contributed by atoms with E-state index in [4.69, 9.17) is 5.84 Å². The third-order valence-electron chi connectivity index (χ3n) is 1.74. The number of thioether (sulfide) groups is 1. The summed E-state index contributed by atoms with van der Waals surface area (Å²) in [5.41, 5.74) is 2.74. The molecule has 0 bridgehead atoms. The van der Waals surface area contributed by atoms with Gasteiger partial charge in [-0.2, -0.15) is 0 Å². The molecule has 0 heterocycles. The fourth-order valence-corrected chi connectivity index (χ4v) is 1.65. The van der Waals surface area contributed by atoms with E-state index in [2.05, 4.69) is 5.32 Å². The molecular formula is C10H13N3O2S. The smallest absolute Gasteiger partial charge is 0.283 e. The second kappa shape index (κ2) is 6.86. The molecule has 0 fully saturated rings. The summed E-state index contributed by atoms with van der Waals surface area (Å²) in [5, 5.41) is 2.51. The predicted molar refractivity (Wildman–Crippen MR) is 64.9 cm³/mol. The van der Waals surface area contributed by atoms with E-state index in [1.165, 1.54) is 0 Å². The SMILES string of the molecule is NNC(=O)CCSC(=O)Nc1ccccc1. The standard InChI is InChI=1S/C10H13N3O2S/c11-13-9(14)6-7-16-10(15)12-8-4-2-1-3-5-8/h1-5H,6-7,11H2,(H,12,15)(H,13,14). The van der Waals surface area contributed by atoms with Gasteiger partial charge in [0, 0.05) is 17.9 Å². The number of hydrogen-bond acceptors (Lipinski definition) is 4. The van der Waals surface area contributed by atoms with Crippen LogP contribution in [0.2, 0.25) is 0 Å². The molecule has 6 heteroatoms. The lowest BCUT2D eigenvalue weighted by Gasteiger charge is -2.03. The van der Waals surface area contributed by atoms with Crippen LogP contribution >= 0.6 is 11.8 Å². The van der Waals surface area contributed by atoms with E-state index in [-0.39, 0.29) is 17.6 Å². The van der Waals surface area contributed by atoms with Crippen LogP contribution in [0.4, 0.5) is 10.5 Å². The fraction of sp³-hybridized carbons (Fsp3) is 0.200. The number of hydrazine groups is 1. The molecule has 0 unspecified atom stereocenters. The maximum Gasteiger partial charge on any atom is 0.283 e. The van der Waals surface area contributed by atoms with Gasteiger partial charge < -0.3 is 5.32 Å². The van der Waals surface area contributed by atoms with E-state index < -0.39 is 0 Å². The van der Waals surface area contributed by atoms with Crippen molar-refractivity contribution < 1.29 is 9.59 Å². The van der Waals surface area contributed by atoms with Crippen LogP contribution in [0, 0.1) is 0 Å². The van der Waals surface area contributed by atoms with Gasteiger partial charge >= 0.3 is 0 Å². The summed E-state index contributed by atoms with van der Waals surface area (Å²) in [5.74, 6) is 5.03. The maximum atomic E-state index is 11.4. The van der Waals surface area contributed by atoms with Gasteiger partial charge in [-0.05, 0) is 12.1 Å². The molecule has 86 valence electrons. The van der Waals surface area contributed by atoms with Gasteiger partial charge in [-0.3, -0.25) is 15.0 Å². The Kier molecular flexibility index (Phi) is 5.38. The Hall–Kier alpha value is -1.53. The molecular weight excluding hydrogens is 226 g/mol. The molecule has 16 heavy (non-hydrogen) atoms. The molecule has 0 aromatic heterocycles. The van der Waals surface area contributed by atoms with Gasteiger partial charge in [0.2, 0.25) is 5.91 Å². The number of carbonyl (C=O) groups is 2. The van der Waals surface area contributed by atoms with Gasteiger partial charge in [0.25, 0.3) is 5.24 Å². The lowest BCUT2D eigenvalue weighted by Crippen LogP contribution is -2.30. The number of anilines is 1. The largest absolute Gasteiger partial charge is 0.317 e. The highest BCUT2D eigenvalue weighted by Gasteiger charge is 2.04. The van der Waals surface area contributed by atoms with Gasteiger partial charge in [-0.25, -0.2) is 5.84 Å². The molecule has 0 radical (unpaired) electrons. The quantitative estimate of drug-likeness (QED) is 0.420. The number of nitrogens with two attached hydrogens (primary N) is 1. The van der Waals surface area contributed by atoms with Crippen molar-refractivity contribution in [3.05, 3.63) is 30.3 Å². The van der Waals surface area contributed by atoms with Gasteiger partial charge in [0.1, 0.15) is 0 Å². The summed E-state index contributed by atoms with van der Waals surface area (Å²) in [6.07, 6.45) is 0.226. The van der Waals surface area contributed by atoms with Gasteiger partial charge in [0.05, 0.1) is 0 Å². The van der Waals surface area contributed by atoms with Crippen molar-refractivity contribution in [2.45, 2.75) is 6.42 Å². The average molecular weight is 239 g/mol. The zero-order chi connectivity index (χ0) is 11.8. The molecule has 1 aromatic carbocycles. The van der Waals surface area contributed by atoms with E-state index in [1.54, 1.807) is 12.1 Å². The number of rotatable bonds is 4. The molecule has 0 saturated heterocycles. The minimum Gasteiger partial charge on any atom is -0.317 e. The molecule has 1 rings (SSSR count). The summed E-state index contributed by atoms with van der Waals surface area (Å²) in [4.78, 5) is 22.1. The minimum atomic E-state index is -0.278. The van der Waals surface area contributed by atoms with E-state index in [0.717, 1.165) is 17.4 Å². The highest BCUT2D eigenvalue weighted by molar-refractivity contribution is 8.13. The molecule has 0 aliphatic carbocycles. The van der Waals surface area contributed by atoms with Crippen LogP contribution in [0.15, 0.2) is 30.3 Å². The molecule has 5 nitrogen and oxygen atoms in total. The maximum absolute atomic E-state index is 11.4. The van der Waals surface area contributed by atoms with Crippen molar-refractivity contribution in [2.24, 2.45) is 5.84 Å². The van der Waals surface area contributed by atoms with Crippen LogP contribution in [0.1, 0.15) is 6.42 Å². The molecule has 0 saturated carbocycles. The van der Waals surface area contributed by atoms with Crippen LogP contribution < -0.4 is 16.6 Å². The Morgan fingerprint density at radius 2 is 1.94 bits per heavy atom. The Morgan fingerprint density at radius 3 is 2.56 bits per heavy atom. The molecule has 0 atom stereocenters. The normalized spacial score (nSPS) is 9.56. The molecule has 1 aromatic rings. The number of benzene rings is 1. The highest BCUT2D eigenvalue weighted by atomic mass is 32.2. The van der Waals surface area contributed by atoms with Gasteiger partial charge in [-0.1, -0.05) is 30.0 Å². The molecule has 2 amide bonds. The number of carbonyl (C=O) groups excluding carboxylic acids is 2. The lowest BCUT2D eigenvalue weighted by atomic mass is 10.3. The van der Waals surface area contributed by atoms with Crippen molar-refractivity contribution in [3.8, 4) is 0 Å². The Morgan fingerprint density at radius 1 is 1.25 bits per heavy atom. The Labute approximate surface area is 97.7 Å². The summed E-state index contributed by atoms with van der Waals surface area (Å²) >= 11 is 1.05. The molecule has 4 N–H and O–H groups in total. The molecule has 0 aliphatic heterocycles. The summed E-state index contributed by atoms with van der Waals surface area (Å²) in [6, 6.07) is 9.13. The second-order valence-corrected chi connectivity index (χ2v) is 4.01. The van der Waals surface area contributed by atoms with Gasteiger partial charge in [0.15, 0.2) is 0 Å². The van der Waals surface area contributed by atoms with Crippen LogP contribution in [-0.2, 0) is 4.79 Å². The van der Waals surface area contributed by atoms with Crippen molar-refractivity contribution in [1.82, 2.24) is 5.43 Å². The van der Waals surface area contributed by atoms with Crippen LogP contribution in [0.5, 0.6) is 0 Å². The zero-order valence-electron chi connectivity index (χ0n) is 8.60. The van der Waals surface area contributed by atoms with Crippen molar-refractivity contribution in [1.29, 1.82) is 0 Å². The first-order chi connectivity index (χ1) is 7.72. The van der Waals surface area contributed by atoms with Crippen LogP contribution in [0.25, 0.3) is 0 Å². The van der Waals surface area contributed by atoms with E-state index >= 15 is 0 Å². The Bertz CT molecular complexity index is 356. The first kappa shape index (κ1) is 12.5. The number of amides is 2. The second-order valence-electron chi connectivity index (χ2n) is 2.94. The van der Waals surface area contributed by atoms with Crippen molar-refractivity contribution in [3.63, 3.8) is 0 Å². The summed E-state index contributed by atoms with van der Waals surface area (Å²) in [6.45, 7) is 0. The zero-order valence-corrected chi connectivity index (χ0v) is 9.42. The predicted octanol–water partition coefficient (Wildman–Crippen LogP) is 1.33. The van der Waals surface area contributed by atoms with Crippen molar-refractivity contribution >= 4 is 28.6 Å². The van der Waals surface area contributed by atoms with E-state index in [0.29, 0.717) is 5.75 Å². The van der Waals surface area contributed by atoms with E-state index in [9.17, 15) is 9.59 Å². The fourth-order valence-electron chi connectivity index (χ4n) is 0.984. The lowest BCUT2D eigenvalue weighted by molar-refractivity contribution is -0.120.